The van der Waals surface area contributed by atoms with Gasteiger partial charge in [0, 0.05) is 30.6 Å². The summed E-state index contributed by atoms with van der Waals surface area (Å²) in [7, 11) is 0. The number of benzene rings is 2. The lowest BCUT2D eigenvalue weighted by atomic mass is 10.1. The van der Waals surface area contributed by atoms with E-state index in [4.69, 9.17) is 23.2 Å². The molecule has 0 bridgehead atoms. The number of aromatic nitrogens is 6. The van der Waals surface area contributed by atoms with Gasteiger partial charge in [-0.15, -0.1) is 0 Å². The second kappa shape index (κ2) is 10.3. The normalized spacial score (nSPS) is 11.0. The van der Waals surface area contributed by atoms with Crippen molar-refractivity contribution in [3.05, 3.63) is 116 Å². The van der Waals surface area contributed by atoms with Crippen LogP contribution in [-0.2, 0) is 13.1 Å². The highest BCUT2D eigenvalue weighted by atomic mass is 35.5. The van der Waals surface area contributed by atoms with Gasteiger partial charge in [-0.1, -0.05) is 64.7 Å². The highest BCUT2D eigenvalue weighted by Gasteiger charge is 2.17. The minimum Gasteiger partial charge on any atom is -0.349 e. The van der Waals surface area contributed by atoms with E-state index in [1.165, 1.54) is 16.8 Å². The molecule has 0 aliphatic carbocycles. The predicted molar refractivity (Wildman–Crippen MR) is 136 cm³/mol. The lowest BCUT2D eigenvalue weighted by Gasteiger charge is -2.12. The van der Waals surface area contributed by atoms with Gasteiger partial charge in [0.05, 0.1) is 28.0 Å². The number of hydrogen-bond acceptors (Lipinski definition) is 6. The van der Waals surface area contributed by atoms with Gasteiger partial charge in [-0.25, -0.2) is 4.39 Å². The van der Waals surface area contributed by atoms with Gasteiger partial charge in [-0.3, -0.25) is 9.78 Å². The molecule has 180 valence electrons. The van der Waals surface area contributed by atoms with E-state index >= 15 is 0 Å². The molecule has 0 atom stereocenters. The number of pyridine rings is 2. The molecule has 0 fully saturated rings. The van der Waals surface area contributed by atoms with Gasteiger partial charge in [0.2, 0.25) is 5.95 Å². The molecule has 0 saturated heterocycles. The molecule has 1 N–H and O–H groups in total. The molecule has 3 aromatic heterocycles. The van der Waals surface area contributed by atoms with E-state index in [1.807, 2.05) is 42.5 Å². The number of hydrogen-bond donors (Lipinski definition) is 1. The number of tetrazole rings is 1. The van der Waals surface area contributed by atoms with Crippen LogP contribution in [0, 0.1) is 5.82 Å². The van der Waals surface area contributed by atoms with Gasteiger partial charge >= 0.3 is 0 Å². The molecule has 5 rings (SSSR count). The second-order valence-corrected chi connectivity index (χ2v) is 8.60. The standard InChI is InChI=1S/C25H18Cl2FN7O/c26-22-19(28)8-9-20(23(22)27)35-25(31-32-33-35)30-14-18-7-4-11-29-24(18)17-10-12-34(21(36)13-17)15-16-5-2-1-3-6-16/h1-13H,14-15H2,(H,30,31,33). The Morgan fingerprint density at radius 1 is 0.972 bits per heavy atom. The molecule has 11 heteroatoms. The topological polar surface area (TPSA) is 90.5 Å². The summed E-state index contributed by atoms with van der Waals surface area (Å²) in [4.78, 5) is 17.3. The van der Waals surface area contributed by atoms with E-state index in [0.29, 0.717) is 30.0 Å². The molecule has 0 aliphatic rings. The first-order valence-electron chi connectivity index (χ1n) is 10.9. The molecule has 36 heavy (non-hydrogen) atoms. The zero-order chi connectivity index (χ0) is 25.1. The second-order valence-electron chi connectivity index (χ2n) is 7.84. The molecule has 0 radical (unpaired) electrons. The molecule has 8 nitrogen and oxygen atoms in total. The van der Waals surface area contributed by atoms with E-state index in [2.05, 4.69) is 25.8 Å². The van der Waals surface area contributed by atoms with Gasteiger partial charge < -0.3 is 9.88 Å². The third-order valence-corrected chi connectivity index (χ3v) is 6.35. The summed E-state index contributed by atoms with van der Waals surface area (Å²) in [6.07, 6.45) is 3.43. The third kappa shape index (κ3) is 4.84. The summed E-state index contributed by atoms with van der Waals surface area (Å²) in [5, 5.41) is 14.5. The molecule has 2 aromatic carbocycles. The Hall–Kier alpha value is -4.08. The van der Waals surface area contributed by atoms with Crippen LogP contribution in [0.1, 0.15) is 11.1 Å². The highest BCUT2D eigenvalue weighted by molar-refractivity contribution is 6.43. The Balaban J connectivity index is 1.39. The van der Waals surface area contributed by atoms with Crippen LogP contribution in [0.4, 0.5) is 10.3 Å². The molecule has 5 aromatic rings. The smallest absolute Gasteiger partial charge is 0.251 e. The van der Waals surface area contributed by atoms with Crippen LogP contribution in [0.25, 0.3) is 16.9 Å². The predicted octanol–water partition coefficient (Wildman–Crippen LogP) is 4.99. The number of nitrogens with one attached hydrogen (secondary N) is 1. The van der Waals surface area contributed by atoms with Crippen molar-refractivity contribution in [2.45, 2.75) is 13.1 Å². The van der Waals surface area contributed by atoms with E-state index in [-0.39, 0.29) is 21.6 Å². The van der Waals surface area contributed by atoms with Crippen LogP contribution in [0.2, 0.25) is 10.0 Å². The largest absolute Gasteiger partial charge is 0.349 e. The van der Waals surface area contributed by atoms with Crippen molar-refractivity contribution in [1.29, 1.82) is 0 Å². The fourth-order valence-electron chi connectivity index (χ4n) is 3.72. The minimum absolute atomic E-state index is 0.00912. The number of nitrogens with zero attached hydrogens (tertiary/aromatic N) is 6. The maximum atomic E-state index is 13.7. The Bertz CT molecular complexity index is 1590. The molecule has 0 spiro atoms. The Kier molecular flexibility index (Phi) is 6.75. The SMILES string of the molecule is O=c1cc(-c2ncccc2CNc2nnnn2-c2ccc(F)c(Cl)c2Cl)ccn1Cc1ccccc1. The summed E-state index contributed by atoms with van der Waals surface area (Å²) >= 11 is 12.1. The maximum absolute atomic E-state index is 13.7. The number of halogens is 3. The first-order valence-corrected chi connectivity index (χ1v) is 11.6. The molecule has 3 heterocycles. The first-order chi connectivity index (χ1) is 17.5. The average Bonchev–Trinajstić information content (AvgIpc) is 3.36. The van der Waals surface area contributed by atoms with Crippen LogP contribution in [0.15, 0.2) is 83.9 Å². The quantitative estimate of drug-likeness (QED) is 0.303. The van der Waals surface area contributed by atoms with Gasteiger partial charge in [-0.05, 0) is 45.8 Å². The van der Waals surface area contributed by atoms with Gasteiger partial charge in [0.25, 0.3) is 5.56 Å². The Labute approximate surface area is 215 Å². The number of anilines is 1. The van der Waals surface area contributed by atoms with Crippen molar-refractivity contribution in [1.82, 2.24) is 29.8 Å². The van der Waals surface area contributed by atoms with Crippen LogP contribution < -0.4 is 10.9 Å². The third-order valence-electron chi connectivity index (χ3n) is 5.51. The molecule has 0 saturated carbocycles. The Morgan fingerprint density at radius 3 is 2.61 bits per heavy atom. The fourth-order valence-corrected chi connectivity index (χ4v) is 4.11. The maximum Gasteiger partial charge on any atom is 0.251 e. The van der Waals surface area contributed by atoms with Crippen LogP contribution in [0.3, 0.4) is 0 Å². The average molecular weight is 522 g/mol. The fraction of sp³-hybridized carbons (Fsp3) is 0.0800. The van der Waals surface area contributed by atoms with E-state index < -0.39 is 5.82 Å². The molecule has 0 aliphatic heterocycles. The van der Waals surface area contributed by atoms with Gasteiger partial charge in [0.1, 0.15) is 5.82 Å². The van der Waals surface area contributed by atoms with Crippen molar-refractivity contribution in [3.8, 4) is 16.9 Å². The lowest BCUT2D eigenvalue weighted by molar-refractivity contribution is 0.627. The Morgan fingerprint density at radius 2 is 1.81 bits per heavy atom. The lowest BCUT2D eigenvalue weighted by Crippen LogP contribution is -2.19. The van der Waals surface area contributed by atoms with Gasteiger partial charge in [0.15, 0.2) is 0 Å². The van der Waals surface area contributed by atoms with Crippen molar-refractivity contribution in [2.75, 3.05) is 5.32 Å². The molecule has 0 unspecified atom stereocenters. The van der Waals surface area contributed by atoms with Crippen LogP contribution in [0.5, 0.6) is 0 Å². The van der Waals surface area contributed by atoms with Crippen molar-refractivity contribution >= 4 is 29.2 Å². The van der Waals surface area contributed by atoms with Crippen molar-refractivity contribution in [3.63, 3.8) is 0 Å². The number of rotatable bonds is 7. The monoisotopic (exact) mass is 521 g/mol. The molecular weight excluding hydrogens is 504 g/mol. The zero-order valence-electron chi connectivity index (χ0n) is 18.6. The van der Waals surface area contributed by atoms with Crippen LogP contribution >= 0.6 is 23.2 Å². The van der Waals surface area contributed by atoms with Crippen molar-refractivity contribution in [2.24, 2.45) is 0 Å². The zero-order valence-corrected chi connectivity index (χ0v) is 20.2. The van der Waals surface area contributed by atoms with E-state index in [9.17, 15) is 9.18 Å². The summed E-state index contributed by atoms with van der Waals surface area (Å²) < 4.78 is 16.7. The van der Waals surface area contributed by atoms with Crippen LogP contribution in [-0.4, -0.2) is 29.8 Å². The summed E-state index contributed by atoms with van der Waals surface area (Å²) in [5.74, 6) is -0.369. The van der Waals surface area contributed by atoms with E-state index in [0.717, 1.165) is 11.1 Å². The summed E-state index contributed by atoms with van der Waals surface area (Å²) in [5.41, 5.74) is 3.38. The van der Waals surface area contributed by atoms with E-state index in [1.54, 1.807) is 29.1 Å². The van der Waals surface area contributed by atoms with Crippen molar-refractivity contribution < 1.29 is 4.39 Å². The molecule has 0 amide bonds. The summed E-state index contributed by atoms with van der Waals surface area (Å²) in [6, 6.07) is 19.5. The molecular formula is C25H18Cl2FN7O. The first kappa shape index (κ1) is 23.7. The van der Waals surface area contributed by atoms with Gasteiger partial charge in [-0.2, -0.15) is 4.68 Å². The summed E-state index contributed by atoms with van der Waals surface area (Å²) in [6.45, 7) is 0.776. The highest BCUT2D eigenvalue weighted by Crippen LogP contribution is 2.31. The minimum atomic E-state index is -0.640.